The SMILES string of the molecule is COCCC(=O)Nc1ccccc1S(N)(=O)=O. The third kappa shape index (κ3) is 4.14. The van der Waals surface area contributed by atoms with Crippen LogP contribution in [0.5, 0.6) is 0 Å². The molecule has 0 saturated heterocycles. The number of hydrogen-bond donors (Lipinski definition) is 2. The molecule has 0 spiro atoms. The fourth-order valence-corrected chi connectivity index (χ4v) is 1.92. The Labute approximate surface area is 99.8 Å². The summed E-state index contributed by atoms with van der Waals surface area (Å²) in [5, 5.41) is 7.50. The van der Waals surface area contributed by atoms with Gasteiger partial charge in [-0.25, -0.2) is 13.6 Å². The lowest BCUT2D eigenvalue weighted by atomic mass is 10.3. The van der Waals surface area contributed by atoms with Crippen molar-refractivity contribution in [2.24, 2.45) is 5.14 Å². The van der Waals surface area contributed by atoms with E-state index in [0.29, 0.717) is 0 Å². The molecule has 17 heavy (non-hydrogen) atoms. The first-order valence-electron chi connectivity index (χ1n) is 4.86. The normalized spacial score (nSPS) is 11.2. The quantitative estimate of drug-likeness (QED) is 0.794. The molecule has 1 aromatic carbocycles. The standard InChI is InChI=1S/C10H14N2O4S/c1-16-7-6-10(13)12-8-4-2-3-5-9(8)17(11,14)15/h2-5H,6-7H2,1H3,(H,12,13)(H2,11,14,15). The molecule has 0 saturated carbocycles. The number of para-hydroxylation sites is 1. The summed E-state index contributed by atoms with van der Waals surface area (Å²) in [6, 6.07) is 5.96. The topological polar surface area (TPSA) is 98.5 Å². The Balaban J connectivity index is 2.88. The highest BCUT2D eigenvalue weighted by Crippen LogP contribution is 2.19. The van der Waals surface area contributed by atoms with E-state index < -0.39 is 10.0 Å². The van der Waals surface area contributed by atoms with E-state index in [-0.39, 0.29) is 29.5 Å². The van der Waals surface area contributed by atoms with Crippen LogP contribution in [0.4, 0.5) is 5.69 Å². The number of nitrogens with two attached hydrogens (primary N) is 1. The van der Waals surface area contributed by atoms with Crippen molar-refractivity contribution in [1.82, 2.24) is 0 Å². The predicted molar refractivity (Wildman–Crippen MR) is 62.9 cm³/mol. The molecule has 0 aliphatic carbocycles. The number of ether oxygens (including phenoxy) is 1. The molecule has 1 rings (SSSR count). The Hall–Kier alpha value is -1.44. The fraction of sp³-hybridized carbons (Fsp3) is 0.300. The number of rotatable bonds is 5. The van der Waals surface area contributed by atoms with Gasteiger partial charge in [0.15, 0.2) is 0 Å². The van der Waals surface area contributed by atoms with Crippen LogP contribution in [0, 0.1) is 0 Å². The second kappa shape index (κ2) is 5.76. The summed E-state index contributed by atoms with van der Waals surface area (Å²) < 4.78 is 27.2. The number of nitrogens with one attached hydrogen (secondary N) is 1. The van der Waals surface area contributed by atoms with Crippen molar-refractivity contribution in [3.8, 4) is 0 Å². The van der Waals surface area contributed by atoms with E-state index in [2.05, 4.69) is 5.32 Å². The van der Waals surface area contributed by atoms with E-state index in [1.54, 1.807) is 6.07 Å². The lowest BCUT2D eigenvalue weighted by Gasteiger charge is -2.08. The van der Waals surface area contributed by atoms with E-state index >= 15 is 0 Å². The van der Waals surface area contributed by atoms with Gasteiger partial charge in [-0.3, -0.25) is 4.79 Å². The van der Waals surface area contributed by atoms with Gasteiger partial charge in [0, 0.05) is 7.11 Å². The number of carbonyl (C=O) groups is 1. The van der Waals surface area contributed by atoms with Gasteiger partial charge in [-0.15, -0.1) is 0 Å². The summed E-state index contributed by atoms with van der Waals surface area (Å²) in [7, 11) is -2.37. The number of carbonyl (C=O) groups excluding carboxylic acids is 1. The van der Waals surface area contributed by atoms with Crippen LogP contribution in [0.1, 0.15) is 6.42 Å². The molecule has 7 heteroatoms. The Kier molecular flexibility index (Phi) is 4.62. The van der Waals surface area contributed by atoms with Crippen molar-refractivity contribution >= 4 is 21.6 Å². The van der Waals surface area contributed by atoms with E-state index in [0.717, 1.165) is 0 Å². The summed E-state index contributed by atoms with van der Waals surface area (Å²) in [6.07, 6.45) is 0.148. The molecule has 0 heterocycles. The fourth-order valence-electron chi connectivity index (χ4n) is 1.23. The van der Waals surface area contributed by atoms with Crippen LogP contribution in [-0.4, -0.2) is 28.0 Å². The molecule has 0 aromatic heterocycles. The molecule has 0 atom stereocenters. The van der Waals surface area contributed by atoms with Gasteiger partial charge in [0.05, 0.1) is 18.7 Å². The highest BCUT2D eigenvalue weighted by Gasteiger charge is 2.14. The summed E-state index contributed by atoms with van der Waals surface area (Å²) in [5.41, 5.74) is 0.177. The summed E-state index contributed by atoms with van der Waals surface area (Å²) >= 11 is 0. The van der Waals surface area contributed by atoms with Crippen molar-refractivity contribution in [2.45, 2.75) is 11.3 Å². The van der Waals surface area contributed by atoms with Gasteiger partial charge in [0.2, 0.25) is 15.9 Å². The number of methoxy groups -OCH3 is 1. The number of sulfonamides is 1. The smallest absolute Gasteiger partial charge is 0.240 e. The van der Waals surface area contributed by atoms with Gasteiger partial charge in [-0.05, 0) is 12.1 Å². The average Bonchev–Trinajstić information content (AvgIpc) is 2.25. The van der Waals surface area contributed by atoms with E-state index in [4.69, 9.17) is 9.88 Å². The maximum Gasteiger partial charge on any atom is 0.240 e. The maximum absolute atomic E-state index is 11.4. The molecule has 0 aliphatic heterocycles. The zero-order valence-electron chi connectivity index (χ0n) is 9.34. The first kappa shape index (κ1) is 13.6. The maximum atomic E-state index is 11.4. The van der Waals surface area contributed by atoms with Crippen LogP contribution in [0.3, 0.4) is 0 Å². The summed E-state index contributed by atoms with van der Waals surface area (Å²) in [5.74, 6) is -0.331. The van der Waals surface area contributed by atoms with Crippen LogP contribution in [0.2, 0.25) is 0 Å². The summed E-state index contributed by atoms with van der Waals surface area (Å²) in [6.45, 7) is 0.267. The minimum Gasteiger partial charge on any atom is -0.384 e. The van der Waals surface area contributed by atoms with Crippen LogP contribution in [0.15, 0.2) is 29.2 Å². The highest BCUT2D eigenvalue weighted by molar-refractivity contribution is 7.89. The molecule has 6 nitrogen and oxygen atoms in total. The number of primary sulfonamides is 1. The largest absolute Gasteiger partial charge is 0.384 e. The number of benzene rings is 1. The first-order chi connectivity index (χ1) is 7.95. The van der Waals surface area contributed by atoms with E-state index in [9.17, 15) is 13.2 Å². The van der Waals surface area contributed by atoms with Gasteiger partial charge in [-0.2, -0.15) is 0 Å². The number of anilines is 1. The molecule has 0 fully saturated rings. The van der Waals surface area contributed by atoms with E-state index in [1.165, 1.54) is 25.3 Å². The van der Waals surface area contributed by atoms with Crippen LogP contribution >= 0.6 is 0 Å². The third-order valence-corrected chi connectivity index (χ3v) is 2.97. The molecule has 1 aromatic rings. The predicted octanol–water partition coefficient (Wildman–Crippen LogP) is 0.309. The highest BCUT2D eigenvalue weighted by atomic mass is 32.2. The van der Waals surface area contributed by atoms with E-state index in [1.807, 2.05) is 0 Å². The average molecular weight is 258 g/mol. The molecular formula is C10H14N2O4S. The van der Waals surface area contributed by atoms with Crippen molar-refractivity contribution in [3.05, 3.63) is 24.3 Å². The molecule has 0 radical (unpaired) electrons. The lowest BCUT2D eigenvalue weighted by molar-refractivity contribution is -0.117. The molecule has 94 valence electrons. The van der Waals surface area contributed by atoms with Gasteiger partial charge in [-0.1, -0.05) is 12.1 Å². The van der Waals surface area contributed by atoms with Crippen molar-refractivity contribution in [2.75, 3.05) is 19.0 Å². The molecule has 0 unspecified atom stereocenters. The molecule has 1 amide bonds. The molecule has 3 N–H and O–H groups in total. The van der Waals surface area contributed by atoms with Gasteiger partial charge in [0.1, 0.15) is 4.90 Å². The Morgan fingerprint density at radius 3 is 2.65 bits per heavy atom. The van der Waals surface area contributed by atoms with Crippen molar-refractivity contribution in [1.29, 1.82) is 0 Å². The zero-order chi connectivity index (χ0) is 12.9. The van der Waals surface area contributed by atoms with Gasteiger partial charge < -0.3 is 10.1 Å². The van der Waals surface area contributed by atoms with Crippen molar-refractivity contribution < 1.29 is 17.9 Å². The lowest BCUT2D eigenvalue weighted by Crippen LogP contribution is -2.19. The Morgan fingerprint density at radius 1 is 1.41 bits per heavy atom. The van der Waals surface area contributed by atoms with Gasteiger partial charge in [0.25, 0.3) is 0 Å². The van der Waals surface area contributed by atoms with Crippen LogP contribution in [-0.2, 0) is 19.6 Å². The minimum absolute atomic E-state index is 0.106. The van der Waals surface area contributed by atoms with Gasteiger partial charge >= 0.3 is 0 Å². The number of hydrogen-bond acceptors (Lipinski definition) is 4. The Morgan fingerprint density at radius 2 is 2.06 bits per heavy atom. The summed E-state index contributed by atoms with van der Waals surface area (Å²) in [4.78, 5) is 11.3. The van der Waals surface area contributed by atoms with Crippen LogP contribution < -0.4 is 10.5 Å². The molecular weight excluding hydrogens is 244 g/mol. The monoisotopic (exact) mass is 258 g/mol. The van der Waals surface area contributed by atoms with Crippen molar-refractivity contribution in [3.63, 3.8) is 0 Å². The third-order valence-electron chi connectivity index (χ3n) is 2.00. The molecule has 0 aliphatic rings. The number of amides is 1. The zero-order valence-corrected chi connectivity index (χ0v) is 10.2. The minimum atomic E-state index is -3.85. The van der Waals surface area contributed by atoms with Crippen LogP contribution in [0.25, 0.3) is 0 Å². The first-order valence-corrected chi connectivity index (χ1v) is 6.40. The molecule has 0 bridgehead atoms. The second-order valence-corrected chi connectivity index (χ2v) is 4.86. The Bertz CT molecular complexity index is 499. The second-order valence-electron chi connectivity index (χ2n) is 3.33.